The monoisotopic (exact) mass is 254 g/mol. The zero-order chi connectivity index (χ0) is 13.7. The van der Waals surface area contributed by atoms with Gasteiger partial charge in [0.2, 0.25) is 0 Å². The van der Waals surface area contributed by atoms with Gasteiger partial charge in [0.25, 0.3) is 0 Å². The molecule has 6 atom stereocenters. The van der Waals surface area contributed by atoms with Crippen LogP contribution >= 0.6 is 0 Å². The van der Waals surface area contributed by atoms with E-state index in [-0.39, 0.29) is 0 Å². The van der Waals surface area contributed by atoms with E-state index in [4.69, 9.17) is 9.47 Å². The zero-order valence-corrected chi connectivity index (χ0v) is 12.8. The lowest BCUT2D eigenvalue weighted by Gasteiger charge is -2.36. The normalized spacial score (nSPS) is 43.7. The Morgan fingerprint density at radius 2 is 1.50 bits per heavy atom. The molecule has 106 valence electrons. The van der Waals surface area contributed by atoms with Crippen molar-refractivity contribution in [2.75, 3.05) is 13.2 Å². The molecule has 0 N–H and O–H groups in total. The Morgan fingerprint density at radius 1 is 0.833 bits per heavy atom. The Hall–Kier alpha value is -0.500. The van der Waals surface area contributed by atoms with Crippen LogP contribution in [0.15, 0.2) is 12.3 Å². The molecule has 1 saturated heterocycles. The minimum atomic E-state index is 0.464. The van der Waals surface area contributed by atoms with Crippen LogP contribution in [0.1, 0.15) is 41.5 Å². The largest absolute Gasteiger partial charge is 0.501 e. The highest BCUT2D eigenvalue weighted by molar-refractivity contribution is 4.87. The predicted molar refractivity (Wildman–Crippen MR) is 76.3 cm³/mol. The van der Waals surface area contributed by atoms with Crippen molar-refractivity contribution in [2.45, 2.75) is 47.6 Å². The second kappa shape index (κ2) is 7.18. The number of rotatable bonds is 0. The molecule has 2 rings (SSSR count). The Kier molecular flexibility index (Phi) is 6.20. The Morgan fingerprint density at radius 3 is 1.94 bits per heavy atom. The maximum atomic E-state index is 5.57. The van der Waals surface area contributed by atoms with Crippen LogP contribution in [-0.4, -0.2) is 19.3 Å². The Bertz CT molecular complexity index is 248. The fourth-order valence-electron chi connectivity index (χ4n) is 2.28. The van der Waals surface area contributed by atoms with Crippen LogP contribution in [0.25, 0.3) is 0 Å². The fraction of sp³-hybridized carbons (Fsp3) is 0.875. The summed E-state index contributed by atoms with van der Waals surface area (Å²) in [6.07, 6.45) is 4.37. The molecule has 2 heteroatoms. The van der Waals surface area contributed by atoms with Gasteiger partial charge in [0.05, 0.1) is 19.0 Å². The number of ether oxygens (including phenoxy) is 2. The van der Waals surface area contributed by atoms with Gasteiger partial charge < -0.3 is 9.47 Å². The predicted octanol–water partition coefficient (Wildman–Crippen LogP) is 4.12. The Labute approximate surface area is 113 Å². The summed E-state index contributed by atoms with van der Waals surface area (Å²) in [5.41, 5.74) is 0. The summed E-state index contributed by atoms with van der Waals surface area (Å²) in [4.78, 5) is 0. The van der Waals surface area contributed by atoms with Crippen molar-refractivity contribution in [1.29, 1.82) is 0 Å². The third-order valence-corrected chi connectivity index (χ3v) is 4.82. The van der Waals surface area contributed by atoms with Crippen LogP contribution < -0.4 is 0 Å². The van der Waals surface area contributed by atoms with Crippen LogP contribution in [0.2, 0.25) is 0 Å². The number of hydrogen-bond acceptors (Lipinski definition) is 2. The lowest BCUT2D eigenvalue weighted by Crippen LogP contribution is -2.36. The maximum Gasteiger partial charge on any atom is 0.0904 e. The number of hydrogen-bond donors (Lipinski definition) is 0. The molecule has 1 fully saturated rings. The van der Waals surface area contributed by atoms with Crippen molar-refractivity contribution >= 4 is 0 Å². The van der Waals surface area contributed by atoms with E-state index in [1.807, 2.05) is 0 Å². The van der Waals surface area contributed by atoms with Crippen LogP contribution in [-0.2, 0) is 9.47 Å². The van der Waals surface area contributed by atoms with Crippen molar-refractivity contribution in [2.24, 2.45) is 29.6 Å². The molecule has 2 nitrogen and oxygen atoms in total. The highest BCUT2D eigenvalue weighted by Crippen LogP contribution is 2.29. The lowest BCUT2D eigenvalue weighted by molar-refractivity contribution is -0.0661. The van der Waals surface area contributed by atoms with E-state index < -0.39 is 0 Å². The van der Waals surface area contributed by atoms with Gasteiger partial charge in [0, 0.05) is 6.61 Å². The summed E-state index contributed by atoms with van der Waals surface area (Å²) in [5.74, 6) is 3.68. The van der Waals surface area contributed by atoms with Crippen molar-refractivity contribution in [3.63, 3.8) is 0 Å². The van der Waals surface area contributed by atoms with Crippen LogP contribution in [0.3, 0.4) is 0 Å². The first kappa shape index (κ1) is 15.6. The second-order valence-electron chi connectivity index (χ2n) is 6.23. The molecule has 0 radical (unpaired) electrons. The maximum absolute atomic E-state index is 5.57. The van der Waals surface area contributed by atoms with Gasteiger partial charge >= 0.3 is 0 Å². The average molecular weight is 254 g/mol. The second-order valence-corrected chi connectivity index (χ2v) is 6.23. The fourth-order valence-corrected chi connectivity index (χ4v) is 2.28. The van der Waals surface area contributed by atoms with Crippen LogP contribution in [0.5, 0.6) is 0 Å². The van der Waals surface area contributed by atoms with Gasteiger partial charge in [0.15, 0.2) is 0 Å². The molecule has 0 aromatic carbocycles. The topological polar surface area (TPSA) is 18.5 Å². The van der Waals surface area contributed by atoms with Gasteiger partial charge in [-0.25, -0.2) is 0 Å². The van der Waals surface area contributed by atoms with Gasteiger partial charge in [-0.05, 0) is 42.6 Å². The van der Waals surface area contributed by atoms with Crippen molar-refractivity contribution in [3.8, 4) is 0 Å². The van der Waals surface area contributed by atoms with Gasteiger partial charge in [-0.3, -0.25) is 0 Å². The third kappa shape index (κ3) is 4.31. The first-order chi connectivity index (χ1) is 8.43. The van der Waals surface area contributed by atoms with Gasteiger partial charge in [-0.2, -0.15) is 0 Å². The van der Waals surface area contributed by atoms with E-state index in [1.54, 1.807) is 6.26 Å². The highest BCUT2D eigenvalue weighted by Gasteiger charge is 2.29. The highest BCUT2D eigenvalue weighted by atomic mass is 16.5. The molecule has 0 aromatic heterocycles. The van der Waals surface area contributed by atoms with Crippen molar-refractivity contribution < 1.29 is 9.47 Å². The van der Waals surface area contributed by atoms with E-state index in [9.17, 15) is 0 Å². The molecule has 2 aliphatic heterocycles. The Balaban J connectivity index is 0.000000184. The smallest absolute Gasteiger partial charge is 0.0904 e. The molecule has 2 aliphatic rings. The summed E-state index contributed by atoms with van der Waals surface area (Å²) in [7, 11) is 0. The standard InChI is InChI=1S/C9H18O.C7H12O/c1-6-5-10-9(4)8(3)7(6)2;1-6-3-4-8-5-7(6)2/h6-9H,5H2,1-4H3;3-4,6-7H,5H2,1-2H3/t6-,7?,8-,9?;6?,7-/m00/s1. The molecule has 18 heavy (non-hydrogen) atoms. The average Bonchev–Trinajstić information content (AvgIpc) is 2.36. The third-order valence-electron chi connectivity index (χ3n) is 4.82. The molecule has 3 unspecified atom stereocenters. The SMILES string of the molecule is CC1C=COC[C@@H]1C.CC1OC[C@H](C)C(C)[C@@H]1C. The van der Waals surface area contributed by atoms with Crippen LogP contribution in [0.4, 0.5) is 0 Å². The van der Waals surface area contributed by atoms with Crippen molar-refractivity contribution in [1.82, 2.24) is 0 Å². The van der Waals surface area contributed by atoms with E-state index in [2.05, 4.69) is 47.6 Å². The van der Waals surface area contributed by atoms with E-state index in [1.165, 1.54) is 0 Å². The summed E-state index contributed by atoms with van der Waals surface area (Å²) in [6.45, 7) is 15.3. The minimum absolute atomic E-state index is 0.464. The summed E-state index contributed by atoms with van der Waals surface area (Å²) in [5, 5.41) is 0. The van der Waals surface area contributed by atoms with Crippen LogP contribution in [0, 0.1) is 29.6 Å². The summed E-state index contributed by atoms with van der Waals surface area (Å²) in [6, 6.07) is 0. The molecule has 0 saturated carbocycles. The molecule has 0 amide bonds. The number of allylic oxidation sites excluding steroid dienone is 1. The lowest BCUT2D eigenvalue weighted by atomic mass is 9.80. The van der Waals surface area contributed by atoms with E-state index >= 15 is 0 Å². The summed E-state index contributed by atoms with van der Waals surface area (Å²) >= 11 is 0. The molecule has 0 aromatic rings. The minimum Gasteiger partial charge on any atom is -0.501 e. The van der Waals surface area contributed by atoms with Gasteiger partial charge in [-0.1, -0.05) is 34.6 Å². The molecule has 2 heterocycles. The van der Waals surface area contributed by atoms with Gasteiger partial charge in [0.1, 0.15) is 0 Å². The first-order valence-electron chi connectivity index (χ1n) is 7.33. The molecule has 0 spiro atoms. The molecular weight excluding hydrogens is 224 g/mol. The van der Waals surface area contributed by atoms with E-state index in [0.717, 1.165) is 31.0 Å². The molecular formula is C16H30O2. The molecule has 0 aliphatic carbocycles. The van der Waals surface area contributed by atoms with Gasteiger partial charge in [-0.15, -0.1) is 0 Å². The van der Waals surface area contributed by atoms with Crippen molar-refractivity contribution in [3.05, 3.63) is 12.3 Å². The zero-order valence-electron chi connectivity index (χ0n) is 12.8. The first-order valence-corrected chi connectivity index (χ1v) is 7.33. The molecule has 0 bridgehead atoms. The summed E-state index contributed by atoms with van der Waals surface area (Å²) < 4.78 is 10.6. The quantitative estimate of drug-likeness (QED) is 0.647. The van der Waals surface area contributed by atoms with E-state index in [0.29, 0.717) is 17.9 Å².